The summed E-state index contributed by atoms with van der Waals surface area (Å²) in [5, 5.41) is 0. The summed E-state index contributed by atoms with van der Waals surface area (Å²) in [4.78, 5) is 14.5. The summed E-state index contributed by atoms with van der Waals surface area (Å²) in [6, 6.07) is 10.9. The molecule has 1 aromatic rings. The first-order valence-electron chi connectivity index (χ1n) is 7.17. The van der Waals surface area contributed by atoms with E-state index in [-0.39, 0.29) is 12.0 Å². The Bertz CT molecular complexity index is 437. The third-order valence-corrected chi connectivity index (χ3v) is 4.66. The van der Waals surface area contributed by atoms with E-state index in [9.17, 15) is 4.79 Å². The highest BCUT2D eigenvalue weighted by Gasteiger charge is 2.45. The summed E-state index contributed by atoms with van der Waals surface area (Å²) in [7, 11) is 1.51. The number of hydrogen-bond acceptors (Lipinski definition) is 3. The van der Waals surface area contributed by atoms with E-state index in [1.807, 2.05) is 6.07 Å². The van der Waals surface area contributed by atoms with Crippen molar-refractivity contribution < 1.29 is 9.53 Å². The van der Waals surface area contributed by atoms with Crippen LogP contribution in [0.5, 0.6) is 0 Å². The lowest BCUT2D eigenvalue weighted by atomic mass is 9.74. The minimum atomic E-state index is -0.0506. The summed E-state index contributed by atoms with van der Waals surface area (Å²) in [5.74, 6) is 0.437. The van der Waals surface area contributed by atoms with Gasteiger partial charge in [-0.15, -0.1) is 0 Å². The van der Waals surface area contributed by atoms with Gasteiger partial charge in [-0.25, -0.2) is 0 Å². The third-order valence-electron chi connectivity index (χ3n) is 4.66. The Balaban J connectivity index is 1.82. The van der Waals surface area contributed by atoms with Crippen molar-refractivity contribution in [2.75, 3.05) is 7.11 Å². The first-order chi connectivity index (χ1) is 9.29. The Kier molecular flexibility index (Phi) is 3.56. The van der Waals surface area contributed by atoms with Gasteiger partial charge in [0.05, 0.1) is 7.11 Å². The van der Waals surface area contributed by atoms with Crippen LogP contribution < -0.4 is 0 Å². The van der Waals surface area contributed by atoms with Crippen molar-refractivity contribution in [3.63, 3.8) is 0 Å². The molecule has 1 saturated carbocycles. The number of carbonyl (C=O) groups excluding carboxylic acids is 1. The topological polar surface area (TPSA) is 29.5 Å². The lowest BCUT2D eigenvalue weighted by molar-refractivity contribution is -0.157. The predicted molar refractivity (Wildman–Crippen MR) is 73.5 cm³/mol. The van der Waals surface area contributed by atoms with Gasteiger partial charge in [0, 0.05) is 12.6 Å². The van der Waals surface area contributed by atoms with E-state index in [1.165, 1.54) is 38.4 Å². The van der Waals surface area contributed by atoms with Gasteiger partial charge >= 0.3 is 5.97 Å². The second-order valence-electron chi connectivity index (χ2n) is 5.69. The fourth-order valence-electron chi connectivity index (χ4n) is 3.72. The molecular weight excluding hydrogens is 238 g/mol. The molecule has 0 amide bonds. The van der Waals surface area contributed by atoms with Gasteiger partial charge in [0.25, 0.3) is 0 Å². The van der Waals surface area contributed by atoms with Crippen molar-refractivity contribution in [1.82, 2.24) is 4.90 Å². The maximum atomic E-state index is 12.1. The van der Waals surface area contributed by atoms with E-state index < -0.39 is 0 Å². The van der Waals surface area contributed by atoms with E-state index in [2.05, 4.69) is 29.2 Å². The monoisotopic (exact) mass is 259 g/mol. The molecule has 0 N–H and O–H groups in total. The molecule has 3 heteroatoms. The van der Waals surface area contributed by atoms with E-state index in [0.29, 0.717) is 12.0 Å². The molecule has 2 saturated heterocycles. The number of piperidine rings is 2. The summed E-state index contributed by atoms with van der Waals surface area (Å²) in [6.07, 6.45) is 4.81. The lowest BCUT2D eigenvalue weighted by Gasteiger charge is -2.50. The molecule has 2 aliphatic heterocycles. The highest BCUT2D eigenvalue weighted by atomic mass is 16.5. The van der Waals surface area contributed by atoms with Crippen LogP contribution in [-0.2, 0) is 16.1 Å². The molecule has 0 unspecified atom stereocenters. The van der Waals surface area contributed by atoms with E-state index in [4.69, 9.17) is 4.74 Å². The standard InChI is InChI=1S/C16H21NO2/c1-19-16(18)15-13-7-9-14(10-8-13)17(15)11-12-5-3-2-4-6-12/h2-6,13-15H,7-11H2,1H3/t13?,14?,15-/m0/s1. The largest absolute Gasteiger partial charge is 0.468 e. The highest BCUT2D eigenvalue weighted by Crippen LogP contribution is 2.40. The van der Waals surface area contributed by atoms with Crippen molar-refractivity contribution in [2.24, 2.45) is 5.92 Å². The van der Waals surface area contributed by atoms with Crippen molar-refractivity contribution >= 4 is 5.97 Å². The van der Waals surface area contributed by atoms with Crippen LogP contribution in [0.4, 0.5) is 0 Å². The average Bonchev–Trinajstić information content (AvgIpc) is 2.49. The molecule has 0 aromatic heterocycles. The van der Waals surface area contributed by atoms with Crippen molar-refractivity contribution in [3.8, 4) is 0 Å². The van der Waals surface area contributed by atoms with Crippen LogP contribution in [0.2, 0.25) is 0 Å². The minimum Gasteiger partial charge on any atom is -0.468 e. The molecule has 3 fully saturated rings. The zero-order chi connectivity index (χ0) is 13.2. The summed E-state index contributed by atoms with van der Waals surface area (Å²) >= 11 is 0. The van der Waals surface area contributed by atoms with Gasteiger partial charge in [0.2, 0.25) is 0 Å². The van der Waals surface area contributed by atoms with E-state index in [0.717, 1.165) is 6.54 Å². The van der Waals surface area contributed by atoms with Crippen LogP contribution >= 0.6 is 0 Å². The molecule has 4 rings (SSSR count). The second-order valence-corrected chi connectivity index (χ2v) is 5.69. The van der Waals surface area contributed by atoms with Crippen LogP contribution in [0, 0.1) is 5.92 Å². The lowest BCUT2D eigenvalue weighted by Crippen LogP contribution is -2.58. The van der Waals surface area contributed by atoms with Gasteiger partial charge in [-0.2, -0.15) is 0 Å². The fraction of sp³-hybridized carbons (Fsp3) is 0.562. The van der Waals surface area contributed by atoms with Crippen molar-refractivity contribution in [3.05, 3.63) is 35.9 Å². The molecular formula is C16H21NO2. The molecule has 3 aliphatic rings. The fourth-order valence-corrected chi connectivity index (χ4v) is 3.72. The zero-order valence-electron chi connectivity index (χ0n) is 11.4. The normalized spacial score (nSPS) is 30.3. The maximum Gasteiger partial charge on any atom is 0.323 e. The molecule has 1 aromatic carbocycles. The number of fused-ring (bicyclic) bond motifs is 3. The number of ether oxygens (including phenoxy) is 1. The highest BCUT2D eigenvalue weighted by molar-refractivity contribution is 5.76. The van der Waals surface area contributed by atoms with Gasteiger partial charge in [-0.1, -0.05) is 30.3 Å². The second kappa shape index (κ2) is 5.33. The van der Waals surface area contributed by atoms with Crippen LogP contribution in [-0.4, -0.2) is 30.1 Å². The van der Waals surface area contributed by atoms with Crippen molar-refractivity contribution in [2.45, 2.75) is 44.3 Å². The van der Waals surface area contributed by atoms with E-state index in [1.54, 1.807) is 0 Å². The van der Waals surface area contributed by atoms with Crippen molar-refractivity contribution in [1.29, 1.82) is 0 Å². The number of nitrogens with zero attached hydrogens (tertiary/aromatic N) is 1. The Hall–Kier alpha value is -1.35. The molecule has 2 bridgehead atoms. The quantitative estimate of drug-likeness (QED) is 0.781. The van der Waals surface area contributed by atoms with Gasteiger partial charge in [-0.05, 0) is 37.2 Å². The van der Waals surface area contributed by atoms with Gasteiger partial charge in [0.1, 0.15) is 6.04 Å². The molecule has 19 heavy (non-hydrogen) atoms. The van der Waals surface area contributed by atoms with Crippen LogP contribution in [0.25, 0.3) is 0 Å². The first kappa shape index (κ1) is 12.7. The predicted octanol–water partition coefficient (Wildman–Crippen LogP) is 2.60. The zero-order valence-corrected chi connectivity index (χ0v) is 11.4. The number of carbonyl (C=O) groups is 1. The molecule has 0 spiro atoms. The van der Waals surface area contributed by atoms with E-state index >= 15 is 0 Å². The van der Waals surface area contributed by atoms with Gasteiger partial charge in [0.15, 0.2) is 0 Å². The van der Waals surface area contributed by atoms with Crippen LogP contribution in [0.15, 0.2) is 30.3 Å². The first-order valence-corrected chi connectivity index (χ1v) is 7.17. The third kappa shape index (κ3) is 2.39. The SMILES string of the molecule is COC(=O)[C@@H]1C2CCC(CC2)N1Cc1ccccc1. The number of rotatable bonds is 3. The Morgan fingerprint density at radius 2 is 1.89 bits per heavy atom. The Labute approximate surface area is 114 Å². The maximum absolute atomic E-state index is 12.1. The smallest absolute Gasteiger partial charge is 0.323 e. The van der Waals surface area contributed by atoms with Gasteiger partial charge < -0.3 is 4.74 Å². The molecule has 1 atom stereocenters. The number of hydrogen-bond donors (Lipinski definition) is 0. The van der Waals surface area contributed by atoms with Crippen LogP contribution in [0.3, 0.4) is 0 Å². The van der Waals surface area contributed by atoms with Crippen LogP contribution in [0.1, 0.15) is 31.2 Å². The Morgan fingerprint density at radius 3 is 2.53 bits per heavy atom. The molecule has 2 heterocycles. The van der Waals surface area contributed by atoms with Gasteiger partial charge in [-0.3, -0.25) is 9.69 Å². The summed E-state index contributed by atoms with van der Waals surface area (Å²) in [6.45, 7) is 0.863. The number of methoxy groups -OCH3 is 1. The summed E-state index contributed by atoms with van der Waals surface area (Å²) < 4.78 is 5.03. The molecule has 102 valence electrons. The summed E-state index contributed by atoms with van der Waals surface area (Å²) in [5.41, 5.74) is 1.28. The molecule has 3 nitrogen and oxygen atoms in total. The molecule has 1 aliphatic carbocycles. The molecule has 0 radical (unpaired) electrons. The number of benzene rings is 1. The average molecular weight is 259 g/mol. The minimum absolute atomic E-state index is 0.0299. The number of esters is 1. The Morgan fingerprint density at radius 1 is 1.21 bits per heavy atom.